The van der Waals surface area contributed by atoms with Gasteiger partial charge in [-0.05, 0) is 30.9 Å². The third-order valence-electron chi connectivity index (χ3n) is 5.19. The summed E-state index contributed by atoms with van der Waals surface area (Å²) < 4.78 is 11.6. The van der Waals surface area contributed by atoms with Crippen LogP contribution in [0.1, 0.15) is 43.4 Å². The van der Waals surface area contributed by atoms with Crippen LogP contribution in [0, 0.1) is 0 Å². The molecule has 0 aromatic heterocycles. The van der Waals surface area contributed by atoms with Crippen molar-refractivity contribution >= 4 is 17.9 Å². The number of rotatable bonds is 8. The number of benzene rings is 2. The number of hydrogen-bond donors (Lipinski definition) is 2. The summed E-state index contributed by atoms with van der Waals surface area (Å²) in [5.74, 6) is -3.76. The average molecular weight is 458 g/mol. The Balaban J connectivity index is 0.000000569. The summed E-state index contributed by atoms with van der Waals surface area (Å²) >= 11 is 0. The highest BCUT2D eigenvalue weighted by atomic mass is 16.5. The predicted octanol–water partition coefficient (Wildman–Crippen LogP) is 3.37. The third kappa shape index (κ3) is 9.43. The number of ether oxygens (including phenoxy) is 2. The Morgan fingerprint density at radius 1 is 0.909 bits per heavy atom. The van der Waals surface area contributed by atoms with E-state index in [2.05, 4.69) is 53.4 Å². The van der Waals surface area contributed by atoms with E-state index in [1.165, 1.54) is 11.1 Å². The highest BCUT2D eigenvalue weighted by Crippen LogP contribution is 2.29. The van der Waals surface area contributed by atoms with Crippen LogP contribution < -0.4 is 0 Å². The second kappa shape index (κ2) is 14.0. The molecule has 33 heavy (non-hydrogen) atoms. The van der Waals surface area contributed by atoms with Gasteiger partial charge in [-0.1, -0.05) is 60.7 Å². The van der Waals surface area contributed by atoms with E-state index >= 15 is 0 Å². The van der Waals surface area contributed by atoms with Crippen LogP contribution in [0.5, 0.6) is 0 Å². The zero-order chi connectivity index (χ0) is 24.1. The fourth-order valence-electron chi connectivity index (χ4n) is 3.55. The Kier molecular flexibility index (Phi) is 11.1. The molecule has 0 atom stereocenters. The number of carboxylic acids is 2. The molecule has 178 valence electrons. The summed E-state index contributed by atoms with van der Waals surface area (Å²) in [6, 6.07) is 20.8. The molecule has 8 heteroatoms. The van der Waals surface area contributed by atoms with E-state index in [1.807, 2.05) is 19.1 Å². The first-order chi connectivity index (χ1) is 15.9. The maximum absolute atomic E-state index is 11.5. The number of esters is 1. The quantitative estimate of drug-likeness (QED) is 0.458. The van der Waals surface area contributed by atoms with Crippen molar-refractivity contribution in [2.75, 3.05) is 26.2 Å². The molecule has 1 fully saturated rings. The van der Waals surface area contributed by atoms with Crippen LogP contribution >= 0.6 is 0 Å². The molecule has 0 radical (unpaired) electrons. The molecule has 2 aromatic carbocycles. The second-order valence-electron chi connectivity index (χ2n) is 7.54. The van der Waals surface area contributed by atoms with Gasteiger partial charge in [-0.2, -0.15) is 0 Å². The van der Waals surface area contributed by atoms with Crippen LogP contribution in [0.4, 0.5) is 0 Å². The van der Waals surface area contributed by atoms with Gasteiger partial charge in [-0.3, -0.25) is 4.79 Å². The molecule has 0 spiro atoms. The van der Waals surface area contributed by atoms with Gasteiger partial charge >= 0.3 is 17.9 Å². The van der Waals surface area contributed by atoms with Crippen molar-refractivity contribution in [2.24, 2.45) is 0 Å². The summed E-state index contributed by atoms with van der Waals surface area (Å²) in [4.78, 5) is 32.1. The standard InChI is InChI=1S/C23H29NO3.C2H2O4/c1-2-26-22(25)15-18-24-16-13-21(14-17-24)27-23(19-9-5-3-6-10-19)20-11-7-4-8-12-20;3-1(4)2(5)6/h3-12,21,23H,2,13-18H2,1H3;(H,3,4)(H,5,6). The lowest BCUT2D eigenvalue weighted by Gasteiger charge is -2.34. The van der Waals surface area contributed by atoms with Crippen molar-refractivity contribution in [2.45, 2.75) is 38.4 Å². The number of hydrogen-bond acceptors (Lipinski definition) is 6. The molecular formula is C25H31NO7. The average Bonchev–Trinajstić information content (AvgIpc) is 2.83. The molecule has 2 aromatic rings. The number of likely N-dealkylation sites (tertiary alicyclic amines) is 1. The fraction of sp³-hybridized carbons (Fsp3) is 0.400. The third-order valence-corrected chi connectivity index (χ3v) is 5.19. The molecule has 1 aliphatic rings. The van der Waals surface area contributed by atoms with Gasteiger partial charge in [0.2, 0.25) is 0 Å². The lowest BCUT2D eigenvalue weighted by Crippen LogP contribution is -2.38. The highest BCUT2D eigenvalue weighted by molar-refractivity contribution is 6.27. The van der Waals surface area contributed by atoms with E-state index in [0.717, 1.165) is 32.5 Å². The summed E-state index contributed by atoms with van der Waals surface area (Å²) in [7, 11) is 0. The van der Waals surface area contributed by atoms with E-state index in [9.17, 15) is 4.79 Å². The maximum atomic E-state index is 11.5. The first-order valence-corrected chi connectivity index (χ1v) is 11.0. The topological polar surface area (TPSA) is 113 Å². The number of aliphatic carboxylic acids is 2. The van der Waals surface area contributed by atoms with Crippen molar-refractivity contribution < 1.29 is 34.1 Å². The van der Waals surface area contributed by atoms with Gasteiger partial charge in [0.05, 0.1) is 19.1 Å². The van der Waals surface area contributed by atoms with Gasteiger partial charge in [0, 0.05) is 19.6 Å². The molecule has 1 aliphatic heterocycles. The Morgan fingerprint density at radius 2 is 1.39 bits per heavy atom. The van der Waals surface area contributed by atoms with Crippen molar-refractivity contribution in [1.82, 2.24) is 4.90 Å². The lowest BCUT2D eigenvalue weighted by atomic mass is 10.00. The minimum absolute atomic E-state index is 0.0384. The molecule has 0 bridgehead atoms. The molecule has 0 unspecified atom stereocenters. The lowest BCUT2D eigenvalue weighted by molar-refractivity contribution is -0.159. The first-order valence-electron chi connectivity index (χ1n) is 11.0. The van der Waals surface area contributed by atoms with E-state index < -0.39 is 11.9 Å². The Labute approximate surface area is 193 Å². The van der Waals surface area contributed by atoms with Crippen LogP contribution in [-0.4, -0.2) is 65.4 Å². The normalized spacial score (nSPS) is 14.2. The Morgan fingerprint density at radius 3 is 1.82 bits per heavy atom. The molecule has 8 nitrogen and oxygen atoms in total. The molecule has 2 N–H and O–H groups in total. The Bertz CT molecular complexity index is 813. The minimum atomic E-state index is -1.82. The SMILES string of the molecule is CCOC(=O)CCN1CCC(OC(c2ccccc2)c2ccccc2)CC1.O=C(O)C(=O)O. The fourth-order valence-corrected chi connectivity index (χ4v) is 3.55. The van der Waals surface area contributed by atoms with Crippen LogP contribution in [-0.2, 0) is 23.9 Å². The van der Waals surface area contributed by atoms with Gasteiger partial charge in [0.15, 0.2) is 0 Å². The number of carbonyl (C=O) groups excluding carboxylic acids is 1. The zero-order valence-electron chi connectivity index (χ0n) is 18.8. The molecule has 0 aliphatic carbocycles. The molecular weight excluding hydrogens is 426 g/mol. The predicted molar refractivity (Wildman–Crippen MR) is 122 cm³/mol. The number of carbonyl (C=O) groups is 3. The molecule has 3 rings (SSSR count). The summed E-state index contributed by atoms with van der Waals surface area (Å²) in [5.41, 5.74) is 2.38. The van der Waals surface area contributed by atoms with Gasteiger partial charge in [-0.15, -0.1) is 0 Å². The van der Waals surface area contributed by atoms with Crippen molar-refractivity contribution in [1.29, 1.82) is 0 Å². The van der Waals surface area contributed by atoms with E-state index in [-0.39, 0.29) is 18.2 Å². The second-order valence-corrected chi connectivity index (χ2v) is 7.54. The minimum Gasteiger partial charge on any atom is -0.473 e. The Hall–Kier alpha value is -3.23. The van der Waals surface area contributed by atoms with Gasteiger partial charge < -0.3 is 24.6 Å². The number of nitrogens with zero attached hydrogens (tertiary/aromatic N) is 1. The van der Waals surface area contributed by atoms with Crippen molar-refractivity contribution in [3.8, 4) is 0 Å². The van der Waals surface area contributed by atoms with E-state index in [1.54, 1.807) is 0 Å². The van der Waals surface area contributed by atoms with Gasteiger partial charge in [-0.25, -0.2) is 9.59 Å². The van der Waals surface area contributed by atoms with Crippen molar-refractivity contribution in [3.05, 3.63) is 71.8 Å². The van der Waals surface area contributed by atoms with Crippen LogP contribution in [0.3, 0.4) is 0 Å². The monoisotopic (exact) mass is 457 g/mol. The summed E-state index contributed by atoms with van der Waals surface area (Å²) in [6.45, 7) is 4.98. The summed E-state index contributed by atoms with van der Waals surface area (Å²) in [5, 5.41) is 14.8. The largest absolute Gasteiger partial charge is 0.473 e. The maximum Gasteiger partial charge on any atom is 0.414 e. The van der Waals surface area contributed by atoms with E-state index in [4.69, 9.17) is 29.3 Å². The van der Waals surface area contributed by atoms with Gasteiger partial charge in [0.25, 0.3) is 0 Å². The van der Waals surface area contributed by atoms with Crippen LogP contribution in [0.25, 0.3) is 0 Å². The highest BCUT2D eigenvalue weighted by Gasteiger charge is 2.25. The van der Waals surface area contributed by atoms with Crippen LogP contribution in [0.15, 0.2) is 60.7 Å². The number of piperidine rings is 1. The van der Waals surface area contributed by atoms with E-state index in [0.29, 0.717) is 13.0 Å². The summed E-state index contributed by atoms with van der Waals surface area (Å²) in [6.07, 6.45) is 2.63. The molecule has 1 heterocycles. The smallest absolute Gasteiger partial charge is 0.414 e. The zero-order valence-corrected chi connectivity index (χ0v) is 18.8. The van der Waals surface area contributed by atoms with Crippen molar-refractivity contribution in [3.63, 3.8) is 0 Å². The van der Waals surface area contributed by atoms with Crippen LogP contribution in [0.2, 0.25) is 0 Å². The molecule has 1 saturated heterocycles. The first kappa shape index (κ1) is 26.0. The number of carboxylic acid groups (broad SMARTS) is 2. The molecule has 0 amide bonds. The molecule has 0 saturated carbocycles. The van der Waals surface area contributed by atoms with Gasteiger partial charge in [0.1, 0.15) is 6.10 Å².